The van der Waals surface area contributed by atoms with Crippen molar-refractivity contribution in [1.82, 2.24) is 0 Å². The van der Waals surface area contributed by atoms with Crippen LogP contribution in [0.3, 0.4) is 0 Å². The van der Waals surface area contributed by atoms with Gasteiger partial charge in [0.05, 0.1) is 25.5 Å². The van der Waals surface area contributed by atoms with Gasteiger partial charge >= 0.3 is 5.97 Å². The fourth-order valence-electron chi connectivity index (χ4n) is 2.60. The van der Waals surface area contributed by atoms with Gasteiger partial charge < -0.3 is 24.3 Å². The van der Waals surface area contributed by atoms with Gasteiger partial charge in [0.1, 0.15) is 23.0 Å². The second kappa shape index (κ2) is 9.97. The Morgan fingerprint density at radius 2 is 1.47 bits per heavy atom. The van der Waals surface area contributed by atoms with E-state index in [2.05, 4.69) is 5.32 Å². The minimum Gasteiger partial charge on any atom is -0.497 e. The highest BCUT2D eigenvalue weighted by atomic mass is 16.5. The summed E-state index contributed by atoms with van der Waals surface area (Å²) >= 11 is 0. The highest BCUT2D eigenvalue weighted by Crippen LogP contribution is 2.28. The molecule has 0 aliphatic carbocycles. The monoisotopic (exact) mass is 407 g/mol. The molecule has 0 heterocycles. The number of carbonyl (C=O) groups is 2. The van der Waals surface area contributed by atoms with Crippen molar-refractivity contribution < 1.29 is 28.5 Å². The first kappa shape index (κ1) is 20.7. The van der Waals surface area contributed by atoms with Crippen molar-refractivity contribution in [3.8, 4) is 23.0 Å². The summed E-state index contributed by atoms with van der Waals surface area (Å²) in [6, 6.07) is 20.7. The van der Waals surface area contributed by atoms with Crippen LogP contribution in [0.25, 0.3) is 0 Å². The Labute approximate surface area is 174 Å². The van der Waals surface area contributed by atoms with Crippen molar-refractivity contribution in [2.75, 3.05) is 26.1 Å². The molecule has 1 amide bonds. The number of carbonyl (C=O) groups excluding carboxylic acids is 2. The SMILES string of the molecule is COc1ccc(OC)c(NC(=O)COC(=O)c2ccc(Oc3ccccc3)cc2)c1. The van der Waals surface area contributed by atoms with Crippen LogP contribution in [0.5, 0.6) is 23.0 Å². The molecule has 7 heteroatoms. The number of benzene rings is 3. The average Bonchev–Trinajstić information content (AvgIpc) is 2.78. The predicted octanol–water partition coefficient (Wildman–Crippen LogP) is 4.29. The Hall–Kier alpha value is -4.00. The minimum atomic E-state index is -0.617. The Bertz CT molecular complexity index is 1000. The molecule has 0 radical (unpaired) electrons. The number of anilines is 1. The summed E-state index contributed by atoms with van der Waals surface area (Å²) in [6.07, 6.45) is 0. The molecule has 0 spiro atoms. The van der Waals surface area contributed by atoms with E-state index in [1.807, 2.05) is 30.3 Å². The number of hydrogen-bond acceptors (Lipinski definition) is 6. The van der Waals surface area contributed by atoms with Gasteiger partial charge in [-0.3, -0.25) is 4.79 Å². The van der Waals surface area contributed by atoms with Gasteiger partial charge in [0, 0.05) is 6.07 Å². The highest BCUT2D eigenvalue weighted by Gasteiger charge is 2.13. The van der Waals surface area contributed by atoms with Crippen LogP contribution in [0.15, 0.2) is 72.8 Å². The number of hydrogen-bond donors (Lipinski definition) is 1. The predicted molar refractivity (Wildman–Crippen MR) is 111 cm³/mol. The third-order valence-electron chi connectivity index (χ3n) is 4.08. The number of para-hydroxylation sites is 1. The maximum Gasteiger partial charge on any atom is 0.338 e. The lowest BCUT2D eigenvalue weighted by atomic mass is 10.2. The van der Waals surface area contributed by atoms with E-state index >= 15 is 0 Å². The molecule has 0 aromatic heterocycles. The summed E-state index contributed by atoms with van der Waals surface area (Å²) < 4.78 is 21.1. The molecule has 0 aliphatic heterocycles. The zero-order valence-electron chi connectivity index (χ0n) is 16.6. The molecule has 3 rings (SSSR count). The minimum absolute atomic E-state index is 0.308. The van der Waals surface area contributed by atoms with E-state index in [4.69, 9.17) is 18.9 Å². The Balaban J connectivity index is 1.54. The van der Waals surface area contributed by atoms with Crippen LogP contribution in [0.4, 0.5) is 5.69 Å². The quantitative estimate of drug-likeness (QED) is 0.561. The van der Waals surface area contributed by atoms with Gasteiger partial charge in [-0.2, -0.15) is 0 Å². The molecule has 0 aliphatic rings. The summed E-state index contributed by atoms with van der Waals surface area (Å²) in [7, 11) is 3.01. The molecule has 0 atom stereocenters. The van der Waals surface area contributed by atoms with E-state index in [0.29, 0.717) is 34.2 Å². The van der Waals surface area contributed by atoms with Crippen molar-refractivity contribution in [3.05, 3.63) is 78.4 Å². The second-order valence-corrected chi connectivity index (χ2v) is 6.13. The van der Waals surface area contributed by atoms with Gasteiger partial charge in [-0.25, -0.2) is 4.79 Å². The topological polar surface area (TPSA) is 83.1 Å². The third-order valence-corrected chi connectivity index (χ3v) is 4.08. The lowest BCUT2D eigenvalue weighted by Crippen LogP contribution is -2.21. The third kappa shape index (κ3) is 5.51. The number of rotatable bonds is 8. The molecule has 3 aromatic rings. The molecule has 7 nitrogen and oxygen atoms in total. The van der Waals surface area contributed by atoms with Crippen molar-refractivity contribution in [3.63, 3.8) is 0 Å². The lowest BCUT2D eigenvalue weighted by molar-refractivity contribution is -0.119. The first-order chi connectivity index (χ1) is 14.6. The van der Waals surface area contributed by atoms with Gasteiger partial charge in [-0.05, 0) is 48.5 Å². The standard InChI is InChI=1S/C23H21NO6/c1-27-19-12-13-21(28-2)20(14-19)24-22(25)15-29-23(26)16-8-10-18(11-9-16)30-17-6-4-3-5-7-17/h3-14H,15H2,1-2H3,(H,24,25). The van der Waals surface area contributed by atoms with Crippen molar-refractivity contribution in [2.24, 2.45) is 0 Å². The smallest absolute Gasteiger partial charge is 0.338 e. The number of nitrogens with one attached hydrogen (secondary N) is 1. The van der Waals surface area contributed by atoms with Crippen molar-refractivity contribution in [1.29, 1.82) is 0 Å². The van der Waals surface area contributed by atoms with Crippen LogP contribution in [-0.2, 0) is 9.53 Å². The van der Waals surface area contributed by atoms with Crippen LogP contribution >= 0.6 is 0 Å². The van der Waals surface area contributed by atoms with Gasteiger partial charge in [0.25, 0.3) is 5.91 Å². The van der Waals surface area contributed by atoms with Crippen molar-refractivity contribution in [2.45, 2.75) is 0 Å². The first-order valence-corrected chi connectivity index (χ1v) is 9.11. The number of methoxy groups -OCH3 is 2. The van der Waals surface area contributed by atoms with Crippen LogP contribution in [0.1, 0.15) is 10.4 Å². The second-order valence-electron chi connectivity index (χ2n) is 6.13. The zero-order chi connectivity index (χ0) is 21.3. The molecule has 0 saturated carbocycles. The molecule has 0 saturated heterocycles. The molecule has 154 valence electrons. The molecule has 1 N–H and O–H groups in total. The first-order valence-electron chi connectivity index (χ1n) is 9.11. The molecule has 3 aromatic carbocycles. The molecule has 0 fully saturated rings. The summed E-state index contributed by atoms with van der Waals surface area (Å²) in [5.74, 6) is 1.18. The van der Waals surface area contributed by atoms with Gasteiger partial charge in [-0.15, -0.1) is 0 Å². The Morgan fingerprint density at radius 1 is 0.800 bits per heavy atom. The summed E-state index contributed by atoms with van der Waals surface area (Å²) in [6.45, 7) is -0.443. The van der Waals surface area contributed by atoms with Gasteiger partial charge in [0.15, 0.2) is 6.61 Å². The van der Waals surface area contributed by atoms with E-state index in [9.17, 15) is 9.59 Å². The van der Waals surface area contributed by atoms with E-state index in [0.717, 1.165) is 0 Å². The lowest BCUT2D eigenvalue weighted by Gasteiger charge is -2.12. The largest absolute Gasteiger partial charge is 0.497 e. The molecular weight excluding hydrogens is 386 g/mol. The fourth-order valence-corrected chi connectivity index (χ4v) is 2.60. The van der Waals surface area contributed by atoms with E-state index in [1.54, 1.807) is 42.5 Å². The maximum atomic E-state index is 12.2. The van der Waals surface area contributed by atoms with Crippen LogP contribution in [-0.4, -0.2) is 32.7 Å². The fraction of sp³-hybridized carbons (Fsp3) is 0.130. The van der Waals surface area contributed by atoms with Gasteiger partial charge in [-0.1, -0.05) is 18.2 Å². The summed E-state index contributed by atoms with van der Waals surface area (Å²) in [5, 5.41) is 2.64. The maximum absolute atomic E-state index is 12.2. The Kier molecular flexibility index (Phi) is 6.89. The molecule has 30 heavy (non-hydrogen) atoms. The summed E-state index contributed by atoms with van der Waals surface area (Å²) in [5.41, 5.74) is 0.725. The van der Waals surface area contributed by atoms with E-state index in [1.165, 1.54) is 14.2 Å². The van der Waals surface area contributed by atoms with Crippen LogP contribution in [0.2, 0.25) is 0 Å². The van der Waals surface area contributed by atoms with Crippen LogP contribution in [0, 0.1) is 0 Å². The van der Waals surface area contributed by atoms with E-state index < -0.39 is 18.5 Å². The number of ether oxygens (including phenoxy) is 4. The molecule has 0 bridgehead atoms. The zero-order valence-corrected chi connectivity index (χ0v) is 16.6. The van der Waals surface area contributed by atoms with E-state index in [-0.39, 0.29) is 0 Å². The number of amides is 1. The van der Waals surface area contributed by atoms with Gasteiger partial charge in [0.2, 0.25) is 0 Å². The normalized spacial score (nSPS) is 10.1. The molecule has 0 unspecified atom stereocenters. The average molecular weight is 407 g/mol. The molecular formula is C23H21NO6. The highest BCUT2D eigenvalue weighted by molar-refractivity contribution is 5.96. The van der Waals surface area contributed by atoms with Crippen molar-refractivity contribution >= 4 is 17.6 Å². The summed E-state index contributed by atoms with van der Waals surface area (Å²) in [4.78, 5) is 24.4. The Morgan fingerprint density at radius 3 is 2.13 bits per heavy atom. The van der Waals surface area contributed by atoms with Crippen LogP contribution < -0.4 is 19.5 Å². The number of esters is 1.